The van der Waals surface area contributed by atoms with Crippen molar-refractivity contribution >= 4 is 18.0 Å². The minimum Gasteiger partial charge on any atom is -0.353 e. The van der Waals surface area contributed by atoms with Gasteiger partial charge in [0.1, 0.15) is 0 Å². The van der Waals surface area contributed by atoms with E-state index >= 15 is 0 Å². The molecule has 0 unspecified atom stereocenters. The Labute approximate surface area is 194 Å². The molecule has 2 aromatic heterocycles. The van der Waals surface area contributed by atoms with Crippen LogP contribution in [0, 0.1) is 0 Å². The van der Waals surface area contributed by atoms with Crippen LogP contribution in [0.3, 0.4) is 0 Å². The fraction of sp³-hybridized carbons (Fsp3) is 0.636. The monoisotopic (exact) mass is 491 g/mol. The van der Waals surface area contributed by atoms with Crippen LogP contribution in [0.15, 0.2) is 18.5 Å². The van der Waals surface area contributed by atoms with Gasteiger partial charge in [-0.1, -0.05) is 25.7 Å². The number of hydrogen-bond acceptors (Lipinski definition) is 4. The molecule has 2 heterocycles. The number of rotatable bonds is 7. The van der Waals surface area contributed by atoms with Gasteiger partial charge in [0, 0.05) is 25.8 Å². The molecular formula is C22H30F5N5O2. The number of carbonyl (C=O) groups excluding carboxylic acids is 2. The van der Waals surface area contributed by atoms with Crippen molar-refractivity contribution in [3.63, 3.8) is 0 Å². The lowest BCUT2D eigenvalue weighted by Gasteiger charge is -2.20. The van der Waals surface area contributed by atoms with Crippen molar-refractivity contribution in [3.8, 4) is 0 Å². The molecule has 2 aliphatic rings. The van der Waals surface area contributed by atoms with Gasteiger partial charge >= 0.3 is 6.18 Å². The number of halogens is 5. The smallest absolute Gasteiger partial charge is 0.353 e. The van der Waals surface area contributed by atoms with E-state index < -0.39 is 30.8 Å². The van der Waals surface area contributed by atoms with Gasteiger partial charge in [-0.15, -0.1) is 0 Å². The number of fused-ring (bicyclic) bond motifs is 1. The number of amides is 2. The molecule has 2 N–H and O–H groups in total. The standard InChI is InChI=1S/C13H14F3N5O2.C6H10F2.C3H6/c14-13(15,16)2-1-12(23)18-4-9-3-11-20-10(6-17-8-22)7-21(11)19-5-9;7-6(8)4-2-1-3-5-6;1-2-3-1/h3,5,7-8H,1-2,4,6H2,(H,17,22)(H,18,23);1-5H2;1-3H2. The van der Waals surface area contributed by atoms with E-state index in [0.717, 1.165) is 6.42 Å². The third kappa shape index (κ3) is 11.9. The Hall–Kier alpha value is -2.79. The molecule has 0 radical (unpaired) electrons. The van der Waals surface area contributed by atoms with Gasteiger partial charge in [0.25, 0.3) is 0 Å². The van der Waals surface area contributed by atoms with E-state index in [1.165, 1.54) is 30.0 Å². The Balaban J connectivity index is 0.000000302. The van der Waals surface area contributed by atoms with Gasteiger partial charge < -0.3 is 10.6 Å². The largest absolute Gasteiger partial charge is 0.389 e. The van der Waals surface area contributed by atoms with Crippen molar-refractivity contribution in [1.29, 1.82) is 0 Å². The summed E-state index contributed by atoms with van der Waals surface area (Å²) in [6.07, 6.45) is 4.73. The summed E-state index contributed by atoms with van der Waals surface area (Å²) in [5.41, 5.74) is 1.73. The van der Waals surface area contributed by atoms with E-state index in [0.29, 0.717) is 36.2 Å². The Morgan fingerprint density at radius 3 is 2.26 bits per heavy atom. The van der Waals surface area contributed by atoms with Crippen LogP contribution in [0.25, 0.3) is 5.65 Å². The Morgan fingerprint density at radius 2 is 1.74 bits per heavy atom. The summed E-state index contributed by atoms with van der Waals surface area (Å²) in [5.74, 6) is -3.00. The Kier molecular flexibility index (Phi) is 10.6. The highest BCUT2D eigenvalue weighted by Crippen LogP contribution is 2.32. The van der Waals surface area contributed by atoms with Gasteiger partial charge in [-0.3, -0.25) is 9.59 Å². The number of nitrogens with one attached hydrogen (secondary N) is 2. The summed E-state index contributed by atoms with van der Waals surface area (Å²) in [4.78, 5) is 25.8. The molecule has 0 bridgehead atoms. The number of alkyl halides is 5. The zero-order chi connectivity index (χ0) is 25.0. The van der Waals surface area contributed by atoms with E-state index in [-0.39, 0.29) is 25.9 Å². The van der Waals surface area contributed by atoms with E-state index in [1.807, 2.05) is 0 Å². The molecule has 2 aromatic rings. The lowest BCUT2D eigenvalue weighted by atomic mass is 9.97. The van der Waals surface area contributed by atoms with E-state index in [2.05, 4.69) is 20.7 Å². The Morgan fingerprint density at radius 1 is 1.09 bits per heavy atom. The van der Waals surface area contributed by atoms with Gasteiger partial charge in [0.2, 0.25) is 18.2 Å². The van der Waals surface area contributed by atoms with Crippen LogP contribution >= 0.6 is 0 Å². The fourth-order valence-electron chi connectivity index (χ4n) is 2.91. The summed E-state index contributed by atoms with van der Waals surface area (Å²) < 4.78 is 62.0. The van der Waals surface area contributed by atoms with Crippen LogP contribution in [0.5, 0.6) is 0 Å². The van der Waals surface area contributed by atoms with Gasteiger partial charge in [-0.25, -0.2) is 18.3 Å². The predicted molar refractivity (Wildman–Crippen MR) is 115 cm³/mol. The van der Waals surface area contributed by atoms with Crippen molar-refractivity contribution < 1.29 is 31.5 Å². The average Bonchev–Trinajstić information content (AvgIpc) is 3.61. The zero-order valence-corrected chi connectivity index (χ0v) is 18.8. The highest BCUT2D eigenvalue weighted by molar-refractivity contribution is 5.75. The molecule has 190 valence electrons. The molecule has 0 spiro atoms. The maximum absolute atomic E-state index is 12.2. The normalized spacial score (nSPS) is 16.4. The maximum Gasteiger partial charge on any atom is 0.389 e. The first-order valence-corrected chi connectivity index (χ1v) is 11.3. The molecule has 2 saturated carbocycles. The van der Waals surface area contributed by atoms with Crippen molar-refractivity contribution in [2.24, 2.45) is 0 Å². The third-order valence-corrected chi connectivity index (χ3v) is 4.86. The summed E-state index contributed by atoms with van der Waals surface area (Å²) in [5, 5.41) is 8.96. The quantitative estimate of drug-likeness (QED) is 0.435. The molecule has 0 saturated heterocycles. The van der Waals surface area contributed by atoms with Crippen molar-refractivity contribution in [1.82, 2.24) is 25.2 Å². The van der Waals surface area contributed by atoms with Crippen molar-refractivity contribution in [2.45, 2.75) is 89.4 Å². The maximum atomic E-state index is 12.2. The van der Waals surface area contributed by atoms with Crippen LogP contribution in [0.1, 0.15) is 75.5 Å². The molecule has 2 fully saturated rings. The topological polar surface area (TPSA) is 88.4 Å². The first kappa shape index (κ1) is 27.5. The fourth-order valence-corrected chi connectivity index (χ4v) is 2.91. The summed E-state index contributed by atoms with van der Waals surface area (Å²) in [6.45, 7) is 0.325. The molecule has 2 amide bonds. The highest BCUT2D eigenvalue weighted by atomic mass is 19.4. The van der Waals surface area contributed by atoms with Crippen molar-refractivity contribution in [2.75, 3.05) is 0 Å². The van der Waals surface area contributed by atoms with Crippen LogP contribution in [-0.4, -0.2) is 39.0 Å². The second-order valence-corrected chi connectivity index (χ2v) is 8.27. The first-order chi connectivity index (χ1) is 16.1. The number of aromatic nitrogens is 3. The molecule has 0 aromatic carbocycles. The number of carbonyl (C=O) groups is 2. The molecule has 7 nitrogen and oxygen atoms in total. The summed E-state index contributed by atoms with van der Waals surface area (Å²) in [6, 6.07) is 1.65. The third-order valence-electron chi connectivity index (χ3n) is 4.86. The van der Waals surface area contributed by atoms with Crippen LogP contribution in [-0.2, 0) is 22.7 Å². The minimum absolute atomic E-state index is 0.0645. The number of hydrogen-bond donors (Lipinski definition) is 2. The summed E-state index contributed by atoms with van der Waals surface area (Å²) in [7, 11) is 0. The van der Waals surface area contributed by atoms with E-state index in [9.17, 15) is 31.5 Å². The van der Waals surface area contributed by atoms with Gasteiger partial charge in [0.05, 0.1) is 31.1 Å². The highest BCUT2D eigenvalue weighted by Gasteiger charge is 2.30. The van der Waals surface area contributed by atoms with Gasteiger partial charge in [-0.2, -0.15) is 18.3 Å². The molecule has 0 aliphatic heterocycles. The molecular weight excluding hydrogens is 461 g/mol. The first-order valence-electron chi connectivity index (χ1n) is 11.3. The predicted octanol–water partition coefficient (Wildman–Crippen LogP) is 4.69. The van der Waals surface area contributed by atoms with E-state index in [4.69, 9.17) is 0 Å². The molecule has 2 aliphatic carbocycles. The second-order valence-electron chi connectivity index (χ2n) is 8.27. The second kappa shape index (κ2) is 13.2. The molecule has 34 heavy (non-hydrogen) atoms. The zero-order valence-electron chi connectivity index (χ0n) is 18.8. The minimum atomic E-state index is -4.35. The lowest BCUT2D eigenvalue weighted by molar-refractivity contribution is -0.144. The molecule has 12 heteroatoms. The summed E-state index contributed by atoms with van der Waals surface area (Å²) >= 11 is 0. The van der Waals surface area contributed by atoms with Crippen LogP contribution in [0.4, 0.5) is 22.0 Å². The van der Waals surface area contributed by atoms with Gasteiger partial charge in [0.15, 0.2) is 5.65 Å². The van der Waals surface area contributed by atoms with Crippen LogP contribution < -0.4 is 10.6 Å². The van der Waals surface area contributed by atoms with Crippen molar-refractivity contribution in [3.05, 3.63) is 29.7 Å². The molecule has 4 rings (SSSR count). The van der Waals surface area contributed by atoms with E-state index in [1.54, 1.807) is 12.3 Å². The van der Waals surface area contributed by atoms with Crippen LogP contribution in [0.2, 0.25) is 0 Å². The number of nitrogens with zero attached hydrogens (tertiary/aromatic N) is 3. The number of imidazole rings is 1. The lowest BCUT2D eigenvalue weighted by Crippen LogP contribution is -2.24. The molecule has 0 atom stereocenters. The SMILES string of the molecule is C1CC1.FC1(F)CCCCC1.O=CNCc1cn2ncc(CNC(=O)CCC(F)(F)F)cc2n1. The Bertz CT molecular complexity index is 904. The average molecular weight is 492 g/mol. The van der Waals surface area contributed by atoms with Gasteiger partial charge in [-0.05, 0) is 24.5 Å².